The van der Waals surface area contributed by atoms with Crippen LogP contribution in [0.1, 0.15) is 39.0 Å². The van der Waals surface area contributed by atoms with Gasteiger partial charge in [0.25, 0.3) is 0 Å². The van der Waals surface area contributed by atoms with Crippen LogP contribution in [0.25, 0.3) is 0 Å². The minimum atomic E-state index is 0.481. The Labute approximate surface area is 137 Å². The summed E-state index contributed by atoms with van der Waals surface area (Å²) in [7, 11) is 0. The normalized spacial score (nSPS) is 24.2. The predicted octanol–water partition coefficient (Wildman–Crippen LogP) is 3.71. The molecule has 2 N–H and O–H groups in total. The highest BCUT2D eigenvalue weighted by molar-refractivity contribution is 7.80. The van der Waals surface area contributed by atoms with Gasteiger partial charge in [0.15, 0.2) is 16.6 Å². The molecule has 0 aromatic heterocycles. The Bertz CT molecular complexity index is 535. The molecule has 0 unspecified atom stereocenters. The summed E-state index contributed by atoms with van der Waals surface area (Å²) in [5, 5.41) is 7.41. The molecule has 3 rings (SSSR count). The average molecular weight is 320 g/mol. The zero-order chi connectivity index (χ0) is 15.4. The van der Waals surface area contributed by atoms with Crippen molar-refractivity contribution in [2.75, 3.05) is 18.5 Å². The number of rotatable bonds is 2. The number of ether oxygens (including phenoxy) is 2. The van der Waals surface area contributed by atoms with E-state index in [2.05, 4.69) is 17.6 Å². The van der Waals surface area contributed by atoms with Gasteiger partial charge in [-0.15, -0.1) is 0 Å². The number of anilines is 1. The van der Waals surface area contributed by atoms with E-state index in [-0.39, 0.29) is 0 Å². The van der Waals surface area contributed by atoms with Gasteiger partial charge in [-0.3, -0.25) is 0 Å². The first kappa shape index (κ1) is 15.4. The molecule has 5 heteroatoms. The maximum atomic E-state index is 5.71. The van der Waals surface area contributed by atoms with Gasteiger partial charge < -0.3 is 20.1 Å². The third kappa shape index (κ3) is 3.83. The Hall–Kier alpha value is -1.49. The van der Waals surface area contributed by atoms with Gasteiger partial charge in [-0.1, -0.05) is 19.8 Å². The molecule has 1 saturated carbocycles. The van der Waals surface area contributed by atoms with E-state index < -0.39 is 0 Å². The predicted molar refractivity (Wildman–Crippen MR) is 92.8 cm³/mol. The molecule has 2 atom stereocenters. The van der Waals surface area contributed by atoms with Crippen molar-refractivity contribution in [3.05, 3.63) is 18.2 Å². The molecule has 1 aliphatic carbocycles. The Morgan fingerprint density at radius 1 is 1.09 bits per heavy atom. The van der Waals surface area contributed by atoms with Crippen molar-refractivity contribution in [3.8, 4) is 11.5 Å². The van der Waals surface area contributed by atoms with Crippen LogP contribution in [0.4, 0.5) is 5.69 Å². The summed E-state index contributed by atoms with van der Waals surface area (Å²) in [6.07, 6.45) is 6.02. The molecule has 0 saturated heterocycles. The lowest BCUT2D eigenvalue weighted by molar-refractivity contribution is 0.297. The number of nitrogens with one attached hydrogen (secondary N) is 2. The maximum absolute atomic E-state index is 5.71. The van der Waals surface area contributed by atoms with Gasteiger partial charge in [0.05, 0.1) is 13.2 Å². The van der Waals surface area contributed by atoms with Crippen molar-refractivity contribution in [1.29, 1.82) is 0 Å². The van der Waals surface area contributed by atoms with Crippen LogP contribution < -0.4 is 20.1 Å². The van der Waals surface area contributed by atoms with Crippen LogP contribution in [0, 0.1) is 5.92 Å². The molecule has 0 radical (unpaired) electrons. The van der Waals surface area contributed by atoms with Gasteiger partial charge in [-0.05, 0) is 43.1 Å². The van der Waals surface area contributed by atoms with Crippen LogP contribution in [0.2, 0.25) is 0 Å². The zero-order valence-corrected chi connectivity index (χ0v) is 13.9. The molecule has 0 amide bonds. The minimum Gasteiger partial charge on any atom is -0.490 e. The van der Waals surface area contributed by atoms with E-state index in [0.29, 0.717) is 30.3 Å². The summed E-state index contributed by atoms with van der Waals surface area (Å²) in [5.74, 6) is 2.27. The highest BCUT2D eigenvalue weighted by Crippen LogP contribution is 2.32. The fourth-order valence-electron chi connectivity index (χ4n) is 3.11. The summed E-state index contributed by atoms with van der Waals surface area (Å²) in [6.45, 7) is 3.70. The molecule has 120 valence electrons. The molecule has 0 bridgehead atoms. The second kappa shape index (κ2) is 7.18. The molecular formula is C17H24N2O2S. The number of benzene rings is 1. The van der Waals surface area contributed by atoms with Crippen LogP contribution in [-0.2, 0) is 0 Å². The first-order chi connectivity index (χ1) is 10.7. The van der Waals surface area contributed by atoms with Crippen LogP contribution in [0.5, 0.6) is 11.5 Å². The summed E-state index contributed by atoms with van der Waals surface area (Å²) in [5.41, 5.74) is 0.935. The fourth-order valence-corrected chi connectivity index (χ4v) is 3.38. The van der Waals surface area contributed by atoms with Crippen LogP contribution >= 0.6 is 12.2 Å². The summed E-state index contributed by atoms with van der Waals surface area (Å²) < 4.78 is 11.4. The number of hydrogen-bond donors (Lipinski definition) is 2. The lowest BCUT2D eigenvalue weighted by Crippen LogP contribution is -2.43. The molecule has 1 aromatic rings. The molecule has 1 aliphatic heterocycles. The van der Waals surface area contributed by atoms with Crippen molar-refractivity contribution < 1.29 is 9.47 Å². The van der Waals surface area contributed by atoms with Gasteiger partial charge in [-0.2, -0.15) is 0 Å². The summed E-state index contributed by atoms with van der Waals surface area (Å²) >= 11 is 5.46. The SMILES string of the molecule is C[C@H]1CCCC[C@@H]1NC(=S)Nc1ccc2c(c1)OCCCO2. The Morgan fingerprint density at radius 3 is 2.68 bits per heavy atom. The number of hydrogen-bond acceptors (Lipinski definition) is 3. The van der Waals surface area contributed by atoms with Crippen molar-refractivity contribution in [2.45, 2.75) is 45.1 Å². The monoisotopic (exact) mass is 320 g/mol. The number of thiocarbonyl (C=S) groups is 1. The molecule has 0 spiro atoms. The molecule has 1 heterocycles. The van der Waals surface area contributed by atoms with Crippen molar-refractivity contribution in [3.63, 3.8) is 0 Å². The van der Waals surface area contributed by atoms with E-state index in [4.69, 9.17) is 21.7 Å². The zero-order valence-electron chi connectivity index (χ0n) is 13.1. The summed E-state index contributed by atoms with van der Waals surface area (Å²) in [6, 6.07) is 6.36. The van der Waals surface area contributed by atoms with Gasteiger partial charge >= 0.3 is 0 Å². The Balaban J connectivity index is 1.60. The Kier molecular flexibility index (Phi) is 5.03. The van der Waals surface area contributed by atoms with E-state index in [1.165, 1.54) is 25.7 Å². The molecule has 2 aliphatic rings. The molecule has 22 heavy (non-hydrogen) atoms. The molecule has 4 nitrogen and oxygen atoms in total. The van der Waals surface area contributed by atoms with Gasteiger partial charge in [-0.25, -0.2) is 0 Å². The van der Waals surface area contributed by atoms with Crippen molar-refractivity contribution in [2.24, 2.45) is 5.92 Å². The quantitative estimate of drug-likeness (QED) is 0.813. The average Bonchev–Trinajstić information content (AvgIpc) is 2.74. The third-order valence-corrected chi connectivity index (χ3v) is 4.65. The van der Waals surface area contributed by atoms with Crippen LogP contribution in [0.3, 0.4) is 0 Å². The topological polar surface area (TPSA) is 42.5 Å². The largest absolute Gasteiger partial charge is 0.490 e. The van der Waals surface area contributed by atoms with Gasteiger partial charge in [0.1, 0.15) is 0 Å². The number of fused-ring (bicyclic) bond motifs is 1. The smallest absolute Gasteiger partial charge is 0.171 e. The highest BCUT2D eigenvalue weighted by Gasteiger charge is 2.21. The molecular weight excluding hydrogens is 296 g/mol. The standard InChI is InChI=1S/C17H24N2O2S/c1-12-5-2-3-6-14(12)19-17(22)18-13-7-8-15-16(11-13)21-10-4-9-20-15/h7-8,11-12,14H,2-6,9-10H2,1H3,(H2,18,19,22)/t12-,14-/m0/s1. The molecule has 1 fully saturated rings. The van der Waals surface area contributed by atoms with Gasteiger partial charge in [0, 0.05) is 24.2 Å². The van der Waals surface area contributed by atoms with Crippen LogP contribution in [0.15, 0.2) is 18.2 Å². The van der Waals surface area contributed by atoms with E-state index in [0.717, 1.165) is 23.6 Å². The van der Waals surface area contributed by atoms with E-state index in [1.54, 1.807) is 0 Å². The maximum Gasteiger partial charge on any atom is 0.171 e. The van der Waals surface area contributed by atoms with Crippen LogP contribution in [-0.4, -0.2) is 24.4 Å². The minimum absolute atomic E-state index is 0.481. The van der Waals surface area contributed by atoms with Crippen molar-refractivity contribution in [1.82, 2.24) is 5.32 Å². The highest BCUT2D eigenvalue weighted by atomic mass is 32.1. The van der Waals surface area contributed by atoms with E-state index in [1.807, 2.05) is 18.2 Å². The van der Waals surface area contributed by atoms with Gasteiger partial charge in [0.2, 0.25) is 0 Å². The molecule has 1 aromatic carbocycles. The first-order valence-electron chi connectivity index (χ1n) is 8.19. The lowest BCUT2D eigenvalue weighted by Gasteiger charge is -2.30. The third-order valence-electron chi connectivity index (χ3n) is 4.43. The summed E-state index contributed by atoms with van der Waals surface area (Å²) in [4.78, 5) is 0. The second-order valence-electron chi connectivity index (χ2n) is 6.18. The fraction of sp³-hybridized carbons (Fsp3) is 0.588. The second-order valence-corrected chi connectivity index (χ2v) is 6.59. The van der Waals surface area contributed by atoms with Crippen molar-refractivity contribution >= 4 is 23.0 Å². The van der Waals surface area contributed by atoms with E-state index in [9.17, 15) is 0 Å². The first-order valence-corrected chi connectivity index (χ1v) is 8.60. The van der Waals surface area contributed by atoms with E-state index >= 15 is 0 Å². The lowest BCUT2D eigenvalue weighted by atomic mass is 9.86. The Morgan fingerprint density at radius 2 is 1.86 bits per heavy atom.